The third-order valence-electron chi connectivity index (χ3n) is 5.78. The Bertz CT molecular complexity index is 1310. The zero-order chi connectivity index (χ0) is 21.5. The van der Waals surface area contributed by atoms with Gasteiger partial charge in [0.25, 0.3) is 5.91 Å². The standard InChI is InChI=1S/C23H21N7O2.H2/c31-23(19-11-16(7-8-24-19)30-12-20(25-13-30)15-5-6-15)27-18-4-1-3-17-21(18)32-10-2-9-29-14-26-28-22(17)29;/h1,3-4,7-8,11-15H,2,5-6,9-10H2,(H,27,31);1H. The molecule has 0 unspecified atom stereocenters. The van der Waals surface area contributed by atoms with Gasteiger partial charge < -0.3 is 19.2 Å². The van der Waals surface area contributed by atoms with Crippen LogP contribution in [0.2, 0.25) is 0 Å². The van der Waals surface area contributed by atoms with Gasteiger partial charge in [0.05, 0.1) is 35.6 Å². The molecule has 1 fully saturated rings. The number of amides is 1. The van der Waals surface area contributed by atoms with Gasteiger partial charge >= 0.3 is 0 Å². The number of carbonyl (C=O) groups excluding carboxylic acids is 1. The van der Waals surface area contributed by atoms with Crippen molar-refractivity contribution in [3.8, 4) is 22.8 Å². The number of para-hydroxylation sites is 1. The molecule has 0 spiro atoms. The fourth-order valence-corrected chi connectivity index (χ4v) is 3.96. The number of benzene rings is 1. The topological polar surface area (TPSA) is 99.8 Å². The lowest BCUT2D eigenvalue weighted by molar-refractivity contribution is 0.102. The summed E-state index contributed by atoms with van der Waals surface area (Å²) in [6.07, 6.45) is 10.4. The molecule has 162 valence electrons. The molecule has 0 saturated heterocycles. The van der Waals surface area contributed by atoms with Crippen LogP contribution in [-0.4, -0.2) is 41.8 Å². The van der Waals surface area contributed by atoms with Crippen LogP contribution in [0.15, 0.2) is 55.4 Å². The number of anilines is 1. The molecule has 1 aromatic carbocycles. The van der Waals surface area contributed by atoms with Crippen LogP contribution in [0.5, 0.6) is 5.75 Å². The first-order chi connectivity index (χ1) is 15.8. The quantitative estimate of drug-likeness (QED) is 0.531. The number of rotatable bonds is 4. The molecule has 9 nitrogen and oxygen atoms in total. The molecule has 3 aromatic heterocycles. The monoisotopic (exact) mass is 429 g/mol. The Labute approximate surface area is 185 Å². The minimum absolute atomic E-state index is 0. The molecule has 0 atom stereocenters. The molecule has 1 saturated carbocycles. The van der Waals surface area contributed by atoms with Gasteiger partial charge in [-0.05, 0) is 43.5 Å². The summed E-state index contributed by atoms with van der Waals surface area (Å²) in [5, 5.41) is 11.2. The van der Waals surface area contributed by atoms with Crippen LogP contribution in [0.3, 0.4) is 0 Å². The van der Waals surface area contributed by atoms with E-state index in [1.807, 2.05) is 39.6 Å². The van der Waals surface area contributed by atoms with Crippen molar-refractivity contribution in [3.63, 3.8) is 0 Å². The number of ether oxygens (including phenoxy) is 1. The van der Waals surface area contributed by atoms with Crippen LogP contribution in [0.25, 0.3) is 17.1 Å². The fourth-order valence-electron chi connectivity index (χ4n) is 3.96. The van der Waals surface area contributed by atoms with Gasteiger partial charge in [-0.25, -0.2) is 4.98 Å². The van der Waals surface area contributed by atoms with Crippen LogP contribution < -0.4 is 10.1 Å². The van der Waals surface area contributed by atoms with E-state index >= 15 is 0 Å². The molecule has 1 amide bonds. The van der Waals surface area contributed by atoms with E-state index in [1.165, 1.54) is 12.8 Å². The number of hydrogen-bond acceptors (Lipinski definition) is 6. The second kappa shape index (κ2) is 7.60. The molecule has 0 radical (unpaired) electrons. The first kappa shape index (κ1) is 18.7. The molecule has 1 aliphatic heterocycles. The van der Waals surface area contributed by atoms with Gasteiger partial charge in [-0.1, -0.05) is 6.07 Å². The highest BCUT2D eigenvalue weighted by molar-refractivity contribution is 6.04. The van der Waals surface area contributed by atoms with E-state index in [-0.39, 0.29) is 7.33 Å². The molecular weight excluding hydrogens is 406 g/mol. The number of hydrogen-bond donors (Lipinski definition) is 1. The number of nitrogens with one attached hydrogen (secondary N) is 1. The summed E-state index contributed by atoms with van der Waals surface area (Å²) in [6.45, 7) is 1.32. The second-order valence-electron chi connectivity index (χ2n) is 8.07. The van der Waals surface area contributed by atoms with Crippen molar-refractivity contribution in [1.29, 1.82) is 0 Å². The number of imidazole rings is 1. The largest absolute Gasteiger partial charge is 0.491 e. The van der Waals surface area contributed by atoms with Gasteiger partial charge in [0, 0.05) is 26.3 Å². The molecule has 6 rings (SSSR count). The average molecular weight is 429 g/mol. The lowest BCUT2D eigenvalue weighted by Crippen LogP contribution is -2.16. The smallest absolute Gasteiger partial charge is 0.274 e. The molecular formula is C23H23N7O2. The van der Waals surface area contributed by atoms with E-state index in [4.69, 9.17) is 4.74 Å². The van der Waals surface area contributed by atoms with Crippen molar-refractivity contribution in [1.82, 2.24) is 29.3 Å². The third-order valence-corrected chi connectivity index (χ3v) is 5.78. The maximum absolute atomic E-state index is 13.1. The van der Waals surface area contributed by atoms with E-state index in [0.29, 0.717) is 29.7 Å². The van der Waals surface area contributed by atoms with Crippen molar-refractivity contribution in [2.24, 2.45) is 0 Å². The minimum atomic E-state index is -0.310. The predicted molar refractivity (Wildman–Crippen MR) is 119 cm³/mol. The summed E-state index contributed by atoms with van der Waals surface area (Å²) in [6, 6.07) is 9.24. The van der Waals surface area contributed by atoms with E-state index in [2.05, 4.69) is 25.5 Å². The molecule has 2 aliphatic rings. The zero-order valence-electron chi connectivity index (χ0n) is 17.3. The fraction of sp³-hybridized carbons (Fsp3) is 0.261. The Balaban J connectivity index is 0.00000228. The SMILES string of the molecule is O=C(Nc1cccc2c1OCCCn1cnnc1-2)c1cc(-n2cnc(C3CC3)c2)ccn1.[HH]. The van der Waals surface area contributed by atoms with Crippen molar-refractivity contribution < 1.29 is 11.0 Å². The number of pyridine rings is 1. The average Bonchev–Trinajstić information content (AvgIpc) is 3.35. The lowest BCUT2D eigenvalue weighted by Gasteiger charge is -2.19. The summed E-state index contributed by atoms with van der Waals surface area (Å²) >= 11 is 0. The highest BCUT2D eigenvalue weighted by atomic mass is 16.5. The molecule has 1 aliphatic carbocycles. The van der Waals surface area contributed by atoms with E-state index < -0.39 is 0 Å². The number of fused-ring (bicyclic) bond motifs is 3. The van der Waals surface area contributed by atoms with Crippen molar-refractivity contribution in [3.05, 3.63) is 66.8 Å². The first-order valence-electron chi connectivity index (χ1n) is 10.7. The third kappa shape index (κ3) is 3.41. The van der Waals surface area contributed by atoms with E-state index in [1.54, 1.807) is 24.9 Å². The Morgan fingerprint density at radius 3 is 3.03 bits per heavy atom. The molecule has 9 heteroatoms. The van der Waals surface area contributed by atoms with Crippen molar-refractivity contribution in [2.75, 3.05) is 11.9 Å². The number of aryl methyl sites for hydroxylation is 1. The normalized spacial score (nSPS) is 15.1. The summed E-state index contributed by atoms with van der Waals surface area (Å²) in [5.74, 6) is 1.58. The van der Waals surface area contributed by atoms with Gasteiger partial charge in [0.15, 0.2) is 11.6 Å². The van der Waals surface area contributed by atoms with Gasteiger partial charge in [-0.2, -0.15) is 0 Å². The van der Waals surface area contributed by atoms with Gasteiger partial charge in [-0.3, -0.25) is 9.78 Å². The first-order valence-corrected chi connectivity index (χ1v) is 10.7. The summed E-state index contributed by atoms with van der Waals surface area (Å²) < 4.78 is 9.95. The highest BCUT2D eigenvalue weighted by Gasteiger charge is 2.26. The Morgan fingerprint density at radius 2 is 2.12 bits per heavy atom. The number of carbonyl (C=O) groups is 1. The molecule has 1 N–H and O–H groups in total. The van der Waals surface area contributed by atoms with E-state index in [0.717, 1.165) is 35.7 Å². The molecule has 4 heterocycles. The van der Waals surface area contributed by atoms with Gasteiger partial charge in [0.1, 0.15) is 12.0 Å². The van der Waals surface area contributed by atoms with Crippen LogP contribution in [-0.2, 0) is 6.54 Å². The van der Waals surface area contributed by atoms with Crippen LogP contribution in [0.4, 0.5) is 5.69 Å². The van der Waals surface area contributed by atoms with Crippen LogP contribution in [0, 0.1) is 0 Å². The number of aromatic nitrogens is 6. The molecule has 0 bridgehead atoms. The van der Waals surface area contributed by atoms with Crippen molar-refractivity contribution in [2.45, 2.75) is 31.7 Å². The van der Waals surface area contributed by atoms with Gasteiger partial charge in [-0.15, -0.1) is 10.2 Å². The second-order valence-corrected chi connectivity index (χ2v) is 8.07. The molecule has 32 heavy (non-hydrogen) atoms. The zero-order valence-corrected chi connectivity index (χ0v) is 17.3. The Hall–Kier alpha value is -4.01. The maximum atomic E-state index is 13.1. The lowest BCUT2D eigenvalue weighted by atomic mass is 10.1. The maximum Gasteiger partial charge on any atom is 0.274 e. The minimum Gasteiger partial charge on any atom is -0.491 e. The van der Waals surface area contributed by atoms with Crippen molar-refractivity contribution >= 4 is 11.6 Å². The number of nitrogens with zero attached hydrogens (tertiary/aromatic N) is 6. The Kier molecular flexibility index (Phi) is 4.45. The summed E-state index contributed by atoms with van der Waals surface area (Å²) in [7, 11) is 0. The summed E-state index contributed by atoms with van der Waals surface area (Å²) in [4.78, 5) is 21.8. The van der Waals surface area contributed by atoms with Crippen LogP contribution in [0.1, 0.15) is 42.8 Å². The Morgan fingerprint density at radius 1 is 1.19 bits per heavy atom. The predicted octanol–water partition coefficient (Wildman–Crippen LogP) is 3.68. The highest BCUT2D eigenvalue weighted by Crippen LogP contribution is 2.39. The van der Waals surface area contributed by atoms with Crippen LogP contribution >= 0.6 is 0 Å². The summed E-state index contributed by atoms with van der Waals surface area (Å²) in [5.41, 5.74) is 3.64. The van der Waals surface area contributed by atoms with Gasteiger partial charge in [0.2, 0.25) is 0 Å². The van der Waals surface area contributed by atoms with E-state index in [9.17, 15) is 4.79 Å². The molecule has 4 aromatic rings.